The predicted molar refractivity (Wildman–Crippen MR) is 63.8 cm³/mol. The molecule has 0 saturated carbocycles. The first-order valence-electron chi connectivity index (χ1n) is 5.59. The Morgan fingerprint density at radius 1 is 1.00 bits per heavy atom. The van der Waals surface area contributed by atoms with Crippen LogP contribution in [0.5, 0.6) is 0 Å². The summed E-state index contributed by atoms with van der Waals surface area (Å²) in [7, 11) is 0. The highest BCUT2D eigenvalue weighted by Crippen LogP contribution is 2.34. The van der Waals surface area contributed by atoms with E-state index in [1.165, 1.54) is 0 Å². The summed E-state index contributed by atoms with van der Waals surface area (Å²) in [6, 6.07) is 4.30. The maximum absolute atomic E-state index is 13.6. The van der Waals surface area contributed by atoms with Crippen LogP contribution in [0, 0.1) is 11.6 Å². The lowest BCUT2D eigenvalue weighted by Crippen LogP contribution is -2.08. The molecule has 2 aromatic carbocycles. The second-order valence-electron chi connectivity index (χ2n) is 4.23. The van der Waals surface area contributed by atoms with Gasteiger partial charge in [0.2, 0.25) is 0 Å². The Morgan fingerprint density at radius 3 is 2.19 bits per heavy atom. The standard InChI is InChI=1S/C14H7F5O2/c15-10-1-2-11(12(16)6-10)7-3-8(13(20)21)5-9(4-7)14(17,18)19/h1-6H,(H,20,21). The smallest absolute Gasteiger partial charge is 0.416 e. The Bertz CT molecular complexity index is 707. The fourth-order valence-electron chi connectivity index (χ4n) is 1.79. The van der Waals surface area contributed by atoms with Crippen molar-refractivity contribution in [3.63, 3.8) is 0 Å². The quantitative estimate of drug-likeness (QED) is 0.837. The molecule has 0 aliphatic rings. The van der Waals surface area contributed by atoms with Gasteiger partial charge in [0.1, 0.15) is 11.6 Å². The van der Waals surface area contributed by atoms with Gasteiger partial charge < -0.3 is 5.11 Å². The van der Waals surface area contributed by atoms with Gasteiger partial charge >= 0.3 is 12.1 Å². The highest BCUT2D eigenvalue weighted by molar-refractivity contribution is 5.90. The number of rotatable bonds is 2. The first-order chi connectivity index (χ1) is 9.68. The Labute approximate surface area is 115 Å². The number of carboxylic acids is 1. The van der Waals surface area contributed by atoms with Crippen LogP contribution in [0.15, 0.2) is 36.4 Å². The van der Waals surface area contributed by atoms with Crippen LogP contribution in [0.3, 0.4) is 0 Å². The van der Waals surface area contributed by atoms with Gasteiger partial charge in [0.05, 0.1) is 11.1 Å². The Kier molecular flexibility index (Phi) is 3.67. The molecule has 2 aromatic rings. The van der Waals surface area contributed by atoms with E-state index in [9.17, 15) is 26.7 Å². The highest BCUT2D eigenvalue weighted by Gasteiger charge is 2.32. The van der Waals surface area contributed by atoms with E-state index in [1.807, 2.05) is 0 Å². The summed E-state index contributed by atoms with van der Waals surface area (Å²) in [4.78, 5) is 10.9. The van der Waals surface area contributed by atoms with Gasteiger partial charge in [0.25, 0.3) is 0 Å². The van der Waals surface area contributed by atoms with Crippen LogP contribution in [0.25, 0.3) is 11.1 Å². The average Bonchev–Trinajstić information content (AvgIpc) is 2.37. The molecule has 0 bridgehead atoms. The minimum atomic E-state index is -4.78. The van der Waals surface area contributed by atoms with E-state index in [2.05, 4.69) is 0 Å². The van der Waals surface area contributed by atoms with Crippen LogP contribution in [0.2, 0.25) is 0 Å². The largest absolute Gasteiger partial charge is 0.478 e. The first kappa shape index (κ1) is 15.0. The number of halogens is 5. The summed E-state index contributed by atoms with van der Waals surface area (Å²) >= 11 is 0. The van der Waals surface area contributed by atoms with E-state index in [0.717, 1.165) is 18.2 Å². The van der Waals surface area contributed by atoms with Crippen LogP contribution >= 0.6 is 0 Å². The van der Waals surface area contributed by atoms with Crippen molar-refractivity contribution >= 4 is 5.97 Å². The van der Waals surface area contributed by atoms with Gasteiger partial charge in [0, 0.05) is 11.6 Å². The zero-order valence-corrected chi connectivity index (χ0v) is 10.2. The lowest BCUT2D eigenvalue weighted by atomic mass is 9.99. The molecular weight excluding hydrogens is 295 g/mol. The fourth-order valence-corrected chi connectivity index (χ4v) is 1.79. The van der Waals surface area contributed by atoms with Crippen molar-refractivity contribution in [2.24, 2.45) is 0 Å². The van der Waals surface area contributed by atoms with Crippen molar-refractivity contribution in [1.29, 1.82) is 0 Å². The van der Waals surface area contributed by atoms with Gasteiger partial charge in [-0.05, 0) is 35.9 Å². The Morgan fingerprint density at radius 2 is 1.67 bits per heavy atom. The molecule has 0 aliphatic heterocycles. The molecule has 0 unspecified atom stereocenters. The van der Waals surface area contributed by atoms with Gasteiger partial charge in [-0.3, -0.25) is 0 Å². The van der Waals surface area contributed by atoms with E-state index in [4.69, 9.17) is 5.11 Å². The van der Waals surface area contributed by atoms with E-state index < -0.39 is 34.9 Å². The Hall–Kier alpha value is -2.44. The SMILES string of the molecule is O=C(O)c1cc(-c2ccc(F)cc2F)cc(C(F)(F)F)c1. The summed E-state index contributed by atoms with van der Waals surface area (Å²) in [5.41, 5.74) is -2.46. The molecule has 0 aromatic heterocycles. The predicted octanol–water partition coefficient (Wildman–Crippen LogP) is 4.35. The van der Waals surface area contributed by atoms with Crippen molar-refractivity contribution in [1.82, 2.24) is 0 Å². The van der Waals surface area contributed by atoms with Crippen LogP contribution in [0.4, 0.5) is 22.0 Å². The van der Waals surface area contributed by atoms with Gasteiger partial charge in [-0.1, -0.05) is 0 Å². The zero-order valence-electron chi connectivity index (χ0n) is 10.2. The molecule has 1 N–H and O–H groups in total. The maximum atomic E-state index is 13.6. The average molecular weight is 302 g/mol. The van der Waals surface area contributed by atoms with E-state index in [1.54, 1.807) is 0 Å². The van der Waals surface area contributed by atoms with E-state index >= 15 is 0 Å². The molecule has 2 nitrogen and oxygen atoms in total. The first-order valence-corrected chi connectivity index (χ1v) is 5.59. The topological polar surface area (TPSA) is 37.3 Å². The number of carbonyl (C=O) groups is 1. The molecule has 110 valence electrons. The molecule has 7 heteroatoms. The third-order valence-corrected chi connectivity index (χ3v) is 2.75. The lowest BCUT2D eigenvalue weighted by molar-refractivity contribution is -0.137. The summed E-state index contributed by atoms with van der Waals surface area (Å²) < 4.78 is 64.7. The number of carboxylic acid groups (broad SMARTS) is 1. The third kappa shape index (κ3) is 3.18. The molecule has 2 rings (SSSR count). The molecule has 21 heavy (non-hydrogen) atoms. The monoisotopic (exact) mass is 302 g/mol. The number of hydrogen-bond donors (Lipinski definition) is 1. The summed E-state index contributed by atoms with van der Waals surface area (Å²) in [6.07, 6.45) is -4.78. The molecule has 0 radical (unpaired) electrons. The van der Waals surface area contributed by atoms with Gasteiger partial charge in [-0.2, -0.15) is 13.2 Å². The second kappa shape index (κ2) is 5.16. The molecular formula is C14H7F5O2. The van der Waals surface area contributed by atoms with Crippen LogP contribution in [-0.4, -0.2) is 11.1 Å². The second-order valence-corrected chi connectivity index (χ2v) is 4.23. The number of aromatic carboxylic acids is 1. The van der Waals surface area contributed by atoms with Crippen molar-refractivity contribution in [3.05, 3.63) is 59.2 Å². The van der Waals surface area contributed by atoms with Crippen LogP contribution in [0.1, 0.15) is 15.9 Å². The minimum Gasteiger partial charge on any atom is -0.478 e. The van der Waals surface area contributed by atoms with E-state index in [0.29, 0.717) is 18.2 Å². The molecule has 0 aliphatic carbocycles. The molecule has 0 fully saturated rings. The normalized spacial score (nSPS) is 11.5. The molecule has 0 spiro atoms. The minimum absolute atomic E-state index is 0.292. The van der Waals surface area contributed by atoms with Gasteiger partial charge in [-0.25, -0.2) is 13.6 Å². The zero-order chi connectivity index (χ0) is 15.8. The maximum Gasteiger partial charge on any atom is 0.416 e. The Balaban J connectivity index is 2.68. The van der Waals surface area contributed by atoms with Crippen molar-refractivity contribution in [3.8, 4) is 11.1 Å². The third-order valence-electron chi connectivity index (χ3n) is 2.75. The lowest BCUT2D eigenvalue weighted by Gasteiger charge is -2.11. The van der Waals surface area contributed by atoms with Crippen LogP contribution in [-0.2, 0) is 6.18 Å². The van der Waals surface area contributed by atoms with Crippen molar-refractivity contribution < 1.29 is 31.9 Å². The molecule has 0 saturated heterocycles. The van der Waals surface area contributed by atoms with E-state index in [-0.39, 0.29) is 11.1 Å². The van der Waals surface area contributed by atoms with Crippen molar-refractivity contribution in [2.45, 2.75) is 6.18 Å². The summed E-state index contributed by atoms with van der Waals surface area (Å²) in [6.45, 7) is 0. The fraction of sp³-hybridized carbons (Fsp3) is 0.0714. The molecule has 0 heterocycles. The summed E-state index contributed by atoms with van der Waals surface area (Å²) in [5.74, 6) is -3.54. The number of hydrogen-bond acceptors (Lipinski definition) is 1. The number of benzene rings is 2. The van der Waals surface area contributed by atoms with Crippen molar-refractivity contribution in [2.75, 3.05) is 0 Å². The highest BCUT2D eigenvalue weighted by atomic mass is 19.4. The molecule has 0 amide bonds. The molecule has 0 atom stereocenters. The number of alkyl halides is 3. The summed E-state index contributed by atoms with van der Waals surface area (Å²) in [5, 5.41) is 8.84. The van der Waals surface area contributed by atoms with Gasteiger partial charge in [0.15, 0.2) is 0 Å². The van der Waals surface area contributed by atoms with Crippen LogP contribution < -0.4 is 0 Å². The van der Waals surface area contributed by atoms with Gasteiger partial charge in [-0.15, -0.1) is 0 Å².